The Bertz CT molecular complexity index is 1020. The smallest absolute Gasteiger partial charge is 0.257 e. The van der Waals surface area contributed by atoms with E-state index in [-0.39, 0.29) is 23.6 Å². The molecule has 3 aromatic rings. The summed E-state index contributed by atoms with van der Waals surface area (Å²) in [5.41, 5.74) is 0.958. The Morgan fingerprint density at radius 1 is 1.29 bits per heavy atom. The first-order chi connectivity index (χ1) is 13.2. The van der Waals surface area contributed by atoms with Gasteiger partial charge in [0, 0.05) is 36.0 Å². The molecule has 1 aliphatic carbocycles. The zero-order chi connectivity index (χ0) is 20.1. The summed E-state index contributed by atoms with van der Waals surface area (Å²) < 4.78 is 54.2. The number of carbonyl (C=O) groups is 1. The molecule has 1 saturated carbocycles. The van der Waals surface area contributed by atoms with Crippen LogP contribution in [-0.2, 0) is 4.79 Å². The predicted octanol–water partition coefficient (Wildman–Crippen LogP) is 3.74. The van der Waals surface area contributed by atoms with Crippen molar-refractivity contribution in [2.75, 3.05) is 5.32 Å². The molecule has 0 spiro atoms. The predicted molar refractivity (Wildman–Crippen MR) is 91.4 cm³/mol. The maximum atomic E-state index is 13.4. The van der Waals surface area contributed by atoms with Gasteiger partial charge in [0.05, 0.1) is 23.7 Å². The molecule has 1 amide bonds. The van der Waals surface area contributed by atoms with Gasteiger partial charge in [-0.3, -0.25) is 9.89 Å². The van der Waals surface area contributed by atoms with E-state index in [1.54, 1.807) is 6.92 Å². The van der Waals surface area contributed by atoms with E-state index in [1.807, 2.05) is 0 Å². The molecule has 2 atom stereocenters. The van der Waals surface area contributed by atoms with Crippen LogP contribution < -0.4 is 5.32 Å². The summed E-state index contributed by atoms with van der Waals surface area (Å²) in [7, 11) is 0. The van der Waals surface area contributed by atoms with Crippen LogP contribution in [0.4, 0.5) is 23.4 Å². The summed E-state index contributed by atoms with van der Waals surface area (Å²) in [5, 5.41) is 12.9. The van der Waals surface area contributed by atoms with Crippen LogP contribution in [0.1, 0.15) is 36.4 Å². The highest BCUT2D eigenvalue weighted by Gasteiger charge is 2.58. The summed E-state index contributed by atoms with van der Waals surface area (Å²) in [6.45, 7) is 1.62. The van der Waals surface area contributed by atoms with Gasteiger partial charge in [0.25, 0.3) is 5.92 Å². The van der Waals surface area contributed by atoms with Gasteiger partial charge in [-0.15, -0.1) is 0 Å². The third kappa shape index (κ3) is 3.49. The number of hydrogen-bond acceptors (Lipinski definition) is 3. The molecule has 1 fully saturated rings. The molecule has 2 heterocycles. The van der Waals surface area contributed by atoms with Crippen LogP contribution in [0.25, 0.3) is 5.69 Å². The molecule has 0 saturated heterocycles. The molecule has 2 N–H and O–H groups in total. The lowest BCUT2D eigenvalue weighted by Crippen LogP contribution is -2.18. The largest absolute Gasteiger partial charge is 0.309 e. The maximum absolute atomic E-state index is 13.4. The molecular formula is C18H15F4N5O. The lowest BCUT2D eigenvalue weighted by Gasteiger charge is -2.08. The molecule has 1 aliphatic rings. The first kappa shape index (κ1) is 18.2. The van der Waals surface area contributed by atoms with Crippen molar-refractivity contribution in [3.05, 3.63) is 59.6 Å². The van der Waals surface area contributed by atoms with E-state index >= 15 is 0 Å². The molecule has 28 heavy (non-hydrogen) atoms. The van der Waals surface area contributed by atoms with Crippen LogP contribution in [-0.4, -0.2) is 31.8 Å². The van der Waals surface area contributed by atoms with Crippen molar-refractivity contribution in [3.63, 3.8) is 0 Å². The number of benzene rings is 1. The van der Waals surface area contributed by atoms with Crippen molar-refractivity contribution in [2.45, 2.75) is 31.1 Å². The number of alkyl halides is 2. The Morgan fingerprint density at radius 2 is 1.96 bits per heavy atom. The molecule has 0 radical (unpaired) electrons. The average Bonchev–Trinajstić information content (AvgIpc) is 3.01. The quantitative estimate of drug-likeness (QED) is 0.649. The third-order valence-electron chi connectivity index (χ3n) is 4.66. The summed E-state index contributed by atoms with van der Waals surface area (Å²) >= 11 is 0. The molecule has 0 unspecified atom stereocenters. The van der Waals surface area contributed by atoms with Crippen molar-refractivity contribution in [2.24, 2.45) is 0 Å². The third-order valence-corrected chi connectivity index (χ3v) is 4.66. The van der Waals surface area contributed by atoms with Gasteiger partial charge in [0.2, 0.25) is 5.91 Å². The van der Waals surface area contributed by atoms with Gasteiger partial charge in [-0.2, -0.15) is 10.2 Å². The van der Waals surface area contributed by atoms with E-state index in [9.17, 15) is 22.4 Å². The van der Waals surface area contributed by atoms with Gasteiger partial charge >= 0.3 is 0 Å². The number of aromatic nitrogens is 4. The van der Waals surface area contributed by atoms with Crippen LogP contribution in [0, 0.1) is 11.6 Å². The minimum atomic E-state index is -2.73. The van der Waals surface area contributed by atoms with Crippen molar-refractivity contribution >= 4 is 11.7 Å². The molecule has 1 aromatic carbocycles. The van der Waals surface area contributed by atoms with Crippen LogP contribution in [0.15, 0.2) is 36.7 Å². The fraction of sp³-hybridized carbons (Fsp3) is 0.278. The van der Waals surface area contributed by atoms with Crippen molar-refractivity contribution in [3.8, 4) is 5.69 Å². The Balaban J connectivity index is 1.45. The topological polar surface area (TPSA) is 75.6 Å². The summed E-state index contributed by atoms with van der Waals surface area (Å²) in [5.74, 6) is -6.05. The second-order valence-corrected chi connectivity index (χ2v) is 6.78. The van der Waals surface area contributed by atoms with E-state index in [0.29, 0.717) is 5.56 Å². The number of anilines is 1. The molecular weight excluding hydrogens is 378 g/mol. The maximum Gasteiger partial charge on any atom is 0.257 e. The standard InChI is InChI=1S/C18H15F4N5O/c1-9(10-7-23-27(8-10)13-3-11(19)2-12(20)4-13)17(28)24-16-5-15(25-26-16)14-6-18(14,21)22/h2-5,7-9,14H,6H2,1H3,(H2,24,25,26,28)/t9-,14-/m1/s1. The minimum Gasteiger partial charge on any atom is -0.309 e. The fourth-order valence-corrected chi connectivity index (χ4v) is 2.89. The van der Waals surface area contributed by atoms with Gasteiger partial charge in [-0.05, 0) is 19.1 Å². The molecule has 2 aromatic heterocycles. The van der Waals surface area contributed by atoms with Gasteiger partial charge in [0.1, 0.15) is 11.6 Å². The summed E-state index contributed by atoms with van der Waals surface area (Å²) in [4.78, 5) is 12.4. The Kier molecular flexibility index (Phi) is 4.20. The second kappa shape index (κ2) is 6.47. The lowest BCUT2D eigenvalue weighted by atomic mass is 10.0. The van der Waals surface area contributed by atoms with E-state index in [0.717, 1.165) is 18.2 Å². The molecule has 0 bridgehead atoms. The number of hydrogen-bond donors (Lipinski definition) is 2. The molecule has 10 heteroatoms. The highest BCUT2D eigenvalue weighted by Crippen LogP contribution is 2.55. The number of halogens is 4. The van der Waals surface area contributed by atoms with Crippen LogP contribution >= 0.6 is 0 Å². The van der Waals surface area contributed by atoms with Crippen molar-refractivity contribution < 1.29 is 22.4 Å². The number of amides is 1. The van der Waals surface area contributed by atoms with E-state index < -0.39 is 35.3 Å². The molecule has 4 rings (SSSR count). The number of nitrogens with one attached hydrogen (secondary N) is 2. The summed E-state index contributed by atoms with van der Waals surface area (Å²) in [6, 6.07) is 4.36. The number of carbonyl (C=O) groups excluding carboxylic acids is 1. The van der Waals surface area contributed by atoms with Gasteiger partial charge in [-0.1, -0.05) is 0 Å². The molecule has 6 nitrogen and oxygen atoms in total. The Hall–Kier alpha value is -3.17. The lowest BCUT2D eigenvalue weighted by molar-refractivity contribution is -0.117. The van der Waals surface area contributed by atoms with Crippen molar-refractivity contribution in [1.82, 2.24) is 20.0 Å². The zero-order valence-corrected chi connectivity index (χ0v) is 14.6. The Labute approximate surface area is 156 Å². The van der Waals surface area contributed by atoms with Gasteiger partial charge < -0.3 is 5.32 Å². The van der Waals surface area contributed by atoms with Crippen molar-refractivity contribution in [1.29, 1.82) is 0 Å². The SMILES string of the molecule is C[C@@H](C(=O)Nc1cc([C@H]2CC2(F)F)[nH]n1)c1cnn(-c2cc(F)cc(F)c2)c1. The fourth-order valence-electron chi connectivity index (χ4n) is 2.89. The minimum absolute atomic E-state index is 0.147. The summed E-state index contributed by atoms with van der Waals surface area (Å²) in [6.07, 6.45) is 2.66. The first-order valence-corrected chi connectivity index (χ1v) is 8.48. The van der Waals surface area contributed by atoms with Gasteiger partial charge in [0.15, 0.2) is 5.82 Å². The Morgan fingerprint density at radius 3 is 2.61 bits per heavy atom. The number of rotatable bonds is 5. The van der Waals surface area contributed by atoms with Crippen LogP contribution in [0.2, 0.25) is 0 Å². The van der Waals surface area contributed by atoms with E-state index in [1.165, 1.54) is 23.1 Å². The first-order valence-electron chi connectivity index (χ1n) is 8.48. The highest BCUT2D eigenvalue weighted by molar-refractivity contribution is 5.94. The zero-order valence-electron chi connectivity index (χ0n) is 14.6. The monoisotopic (exact) mass is 393 g/mol. The normalized spacial score (nSPS) is 18.7. The number of nitrogens with zero attached hydrogens (tertiary/aromatic N) is 3. The highest BCUT2D eigenvalue weighted by atomic mass is 19.3. The molecule has 146 valence electrons. The van der Waals surface area contributed by atoms with Crippen LogP contribution in [0.5, 0.6) is 0 Å². The second-order valence-electron chi connectivity index (χ2n) is 6.78. The number of aromatic amines is 1. The molecule has 0 aliphatic heterocycles. The van der Waals surface area contributed by atoms with E-state index in [2.05, 4.69) is 20.6 Å². The number of H-pyrrole nitrogens is 1. The van der Waals surface area contributed by atoms with Crippen LogP contribution in [0.3, 0.4) is 0 Å². The van der Waals surface area contributed by atoms with E-state index in [4.69, 9.17) is 0 Å². The average molecular weight is 393 g/mol. The van der Waals surface area contributed by atoms with Gasteiger partial charge in [-0.25, -0.2) is 22.2 Å².